The zero-order valence-electron chi connectivity index (χ0n) is 10.4. The fourth-order valence-corrected chi connectivity index (χ4v) is 2.27. The zero-order chi connectivity index (χ0) is 13.0. The van der Waals surface area contributed by atoms with Gasteiger partial charge in [-0.05, 0) is 25.1 Å². The fourth-order valence-electron chi connectivity index (χ4n) is 1.87. The van der Waals surface area contributed by atoms with E-state index in [-0.39, 0.29) is 0 Å². The predicted octanol–water partition coefficient (Wildman–Crippen LogP) is 2.61. The zero-order valence-corrected chi connectivity index (χ0v) is 11.9. The van der Waals surface area contributed by atoms with Gasteiger partial charge in [-0.3, -0.25) is 4.68 Å². The Bertz CT molecular complexity index is 521. The molecule has 1 heterocycles. The number of nitrogens with two attached hydrogens (primary N) is 1. The van der Waals surface area contributed by atoms with Gasteiger partial charge in [0, 0.05) is 23.6 Å². The number of nitrogens with one attached hydrogen (secondary N) is 1. The van der Waals surface area contributed by atoms with E-state index in [0.29, 0.717) is 6.54 Å². The lowest BCUT2D eigenvalue weighted by molar-refractivity contribution is 0.776. The number of rotatable bonds is 5. The van der Waals surface area contributed by atoms with Crippen molar-refractivity contribution in [2.45, 2.75) is 6.42 Å². The van der Waals surface area contributed by atoms with Crippen LogP contribution in [0.1, 0.15) is 6.42 Å². The SMILES string of the molecule is Cn1ncc(NCCCN)c1-c1cccc(Br)c1. The van der Waals surface area contributed by atoms with Crippen molar-refractivity contribution in [1.29, 1.82) is 0 Å². The van der Waals surface area contributed by atoms with Crippen molar-refractivity contribution >= 4 is 21.6 Å². The molecule has 0 spiro atoms. The minimum absolute atomic E-state index is 0.694. The Labute approximate surface area is 115 Å². The normalized spacial score (nSPS) is 10.6. The molecule has 1 aromatic heterocycles. The third-order valence-corrected chi connectivity index (χ3v) is 3.23. The van der Waals surface area contributed by atoms with Crippen LogP contribution in [0.15, 0.2) is 34.9 Å². The van der Waals surface area contributed by atoms with Crippen molar-refractivity contribution in [1.82, 2.24) is 9.78 Å². The Balaban J connectivity index is 2.29. The molecule has 0 bridgehead atoms. The van der Waals surface area contributed by atoms with Crippen LogP contribution in [0.25, 0.3) is 11.3 Å². The molecule has 0 aliphatic heterocycles. The van der Waals surface area contributed by atoms with Gasteiger partial charge < -0.3 is 11.1 Å². The Morgan fingerprint density at radius 2 is 2.28 bits per heavy atom. The predicted molar refractivity (Wildman–Crippen MR) is 78.5 cm³/mol. The Morgan fingerprint density at radius 3 is 3.00 bits per heavy atom. The van der Waals surface area contributed by atoms with E-state index in [1.54, 1.807) is 0 Å². The first-order valence-electron chi connectivity index (χ1n) is 5.94. The fraction of sp³-hybridized carbons (Fsp3) is 0.308. The number of benzene rings is 1. The van der Waals surface area contributed by atoms with E-state index in [0.717, 1.165) is 34.4 Å². The van der Waals surface area contributed by atoms with Crippen molar-refractivity contribution < 1.29 is 0 Å². The molecular weight excluding hydrogens is 292 g/mol. The molecule has 0 radical (unpaired) electrons. The van der Waals surface area contributed by atoms with Crippen LogP contribution in [0.4, 0.5) is 5.69 Å². The third-order valence-electron chi connectivity index (χ3n) is 2.73. The van der Waals surface area contributed by atoms with Gasteiger partial charge in [0.1, 0.15) is 0 Å². The molecule has 0 unspecified atom stereocenters. The molecule has 0 aliphatic rings. The van der Waals surface area contributed by atoms with Gasteiger partial charge in [0.15, 0.2) is 0 Å². The molecule has 5 heteroatoms. The molecule has 2 aromatic rings. The van der Waals surface area contributed by atoms with Crippen LogP contribution >= 0.6 is 15.9 Å². The molecule has 0 atom stereocenters. The van der Waals surface area contributed by atoms with Crippen LogP contribution in [-0.2, 0) is 7.05 Å². The van der Waals surface area contributed by atoms with Crippen LogP contribution in [0.3, 0.4) is 0 Å². The smallest absolute Gasteiger partial charge is 0.0911 e. The minimum Gasteiger partial charge on any atom is -0.382 e. The lowest BCUT2D eigenvalue weighted by Crippen LogP contribution is -2.08. The number of anilines is 1. The van der Waals surface area contributed by atoms with Crippen molar-refractivity contribution in [3.63, 3.8) is 0 Å². The highest BCUT2D eigenvalue weighted by molar-refractivity contribution is 9.10. The molecule has 0 fully saturated rings. The number of hydrogen-bond acceptors (Lipinski definition) is 3. The van der Waals surface area contributed by atoms with Crippen molar-refractivity contribution in [2.75, 3.05) is 18.4 Å². The lowest BCUT2D eigenvalue weighted by Gasteiger charge is -2.08. The number of aromatic nitrogens is 2. The maximum atomic E-state index is 5.50. The second kappa shape index (κ2) is 6.02. The Kier molecular flexibility index (Phi) is 4.38. The second-order valence-corrected chi connectivity index (χ2v) is 5.03. The summed E-state index contributed by atoms with van der Waals surface area (Å²) in [5.74, 6) is 0. The average molecular weight is 309 g/mol. The highest BCUT2D eigenvalue weighted by Crippen LogP contribution is 2.29. The van der Waals surface area contributed by atoms with Gasteiger partial charge in [-0.2, -0.15) is 5.10 Å². The molecule has 0 aliphatic carbocycles. The first kappa shape index (κ1) is 13.1. The quantitative estimate of drug-likeness (QED) is 0.835. The molecular formula is C13H17BrN4. The van der Waals surface area contributed by atoms with Gasteiger partial charge in [0.25, 0.3) is 0 Å². The molecule has 18 heavy (non-hydrogen) atoms. The number of hydrogen-bond donors (Lipinski definition) is 2. The van der Waals surface area contributed by atoms with Crippen molar-refractivity contribution in [3.05, 3.63) is 34.9 Å². The lowest BCUT2D eigenvalue weighted by atomic mass is 10.1. The topological polar surface area (TPSA) is 55.9 Å². The highest BCUT2D eigenvalue weighted by Gasteiger charge is 2.10. The molecule has 0 saturated carbocycles. The molecule has 1 aromatic carbocycles. The number of nitrogens with zero attached hydrogens (tertiary/aromatic N) is 2. The monoisotopic (exact) mass is 308 g/mol. The van der Waals surface area contributed by atoms with E-state index in [4.69, 9.17) is 5.73 Å². The van der Waals surface area contributed by atoms with E-state index in [1.807, 2.05) is 30.1 Å². The van der Waals surface area contributed by atoms with Crippen molar-refractivity contribution in [2.24, 2.45) is 12.8 Å². The summed E-state index contributed by atoms with van der Waals surface area (Å²) in [6.45, 7) is 1.56. The summed E-state index contributed by atoms with van der Waals surface area (Å²) in [4.78, 5) is 0. The Hall–Kier alpha value is -1.33. The van der Waals surface area contributed by atoms with E-state index in [2.05, 4.69) is 38.5 Å². The van der Waals surface area contributed by atoms with Gasteiger partial charge in [-0.25, -0.2) is 0 Å². The second-order valence-electron chi connectivity index (χ2n) is 4.11. The number of aryl methyl sites for hydroxylation is 1. The standard InChI is InChI=1S/C13H17BrN4/c1-18-13(10-4-2-5-11(14)8-10)12(9-17-18)16-7-3-6-15/h2,4-5,8-9,16H,3,6-7,15H2,1H3. The van der Waals surface area contributed by atoms with E-state index in [1.165, 1.54) is 0 Å². The van der Waals surface area contributed by atoms with Crippen molar-refractivity contribution in [3.8, 4) is 11.3 Å². The molecule has 0 saturated heterocycles. The summed E-state index contributed by atoms with van der Waals surface area (Å²) in [5, 5.41) is 7.68. The van der Waals surface area contributed by atoms with Gasteiger partial charge in [0.2, 0.25) is 0 Å². The molecule has 3 N–H and O–H groups in total. The summed E-state index contributed by atoms with van der Waals surface area (Å²) in [6.07, 6.45) is 2.81. The van der Waals surface area contributed by atoms with Crippen LogP contribution in [0, 0.1) is 0 Å². The average Bonchev–Trinajstić information content (AvgIpc) is 2.71. The van der Waals surface area contributed by atoms with Gasteiger partial charge in [-0.15, -0.1) is 0 Å². The molecule has 2 rings (SSSR count). The largest absolute Gasteiger partial charge is 0.382 e. The minimum atomic E-state index is 0.694. The Morgan fingerprint density at radius 1 is 1.44 bits per heavy atom. The summed E-state index contributed by atoms with van der Waals surface area (Å²) in [5.41, 5.74) is 8.77. The first-order valence-corrected chi connectivity index (χ1v) is 6.73. The van der Waals surface area contributed by atoms with Crippen LogP contribution in [-0.4, -0.2) is 22.9 Å². The summed E-state index contributed by atoms with van der Waals surface area (Å²) in [7, 11) is 1.95. The maximum Gasteiger partial charge on any atom is 0.0911 e. The summed E-state index contributed by atoms with van der Waals surface area (Å²) in [6, 6.07) is 8.21. The summed E-state index contributed by atoms with van der Waals surface area (Å²) >= 11 is 3.49. The molecule has 96 valence electrons. The van der Waals surface area contributed by atoms with E-state index in [9.17, 15) is 0 Å². The highest BCUT2D eigenvalue weighted by atomic mass is 79.9. The molecule has 0 amide bonds. The van der Waals surface area contributed by atoms with E-state index >= 15 is 0 Å². The van der Waals surface area contributed by atoms with E-state index < -0.39 is 0 Å². The third kappa shape index (κ3) is 2.91. The first-order chi connectivity index (χ1) is 8.72. The maximum absolute atomic E-state index is 5.50. The number of halogens is 1. The van der Waals surface area contributed by atoms with Gasteiger partial charge >= 0.3 is 0 Å². The van der Waals surface area contributed by atoms with Crippen LogP contribution in [0.5, 0.6) is 0 Å². The van der Waals surface area contributed by atoms with Crippen LogP contribution in [0.2, 0.25) is 0 Å². The van der Waals surface area contributed by atoms with Crippen LogP contribution < -0.4 is 11.1 Å². The summed E-state index contributed by atoms with van der Waals surface area (Å²) < 4.78 is 2.95. The van der Waals surface area contributed by atoms with Gasteiger partial charge in [-0.1, -0.05) is 28.1 Å². The van der Waals surface area contributed by atoms with Gasteiger partial charge in [0.05, 0.1) is 17.6 Å². The molecule has 4 nitrogen and oxygen atoms in total.